The highest BCUT2D eigenvalue weighted by molar-refractivity contribution is 5.89. The summed E-state index contributed by atoms with van der Waals surface area (Å²) in [6.07, 6.45) is 1.58. The Kier molecular flexibility index (Phi) is 2.34. The molecule has 0 aliphatic heterocycles. The molecular formula is C14H11N3O. The van der Waals surface area contributed by atoms with Gasteiger partial charge in [0, 0.05) is 11.8 Å². The van der Waals surface area contributed by atoms with Crippen molar-refractivity contribution in [2.24, 2.45) is 0 Å². The standard InChI is InChI=1S/C14H11N3O/c15-14-16-6-5-12(17-14)11-7-9-3-1-2-4-10(9)8-13(11)18/h1-8,18H,(H2,15,16,17). The van der Waals surface area contributed by atoms with Crippen molar-refractivity contribution in [3.8, 4) is 17.0 Å². The number of aromatic hydroxyl groups is 1. The van der Waals surface area contributed by atoms with Gasteiger partial charge in [0.05, 0.1) is 5.69 Å². The van der Waals surface area contributed by atoms with Gasteiger partial charge in [0.15, 0.2) is 0 Å². The molecule has 0 amide bonds. The Hall–Kier alpha value is -2.62. The average Bonchev–Trinajstić information content (AvgIpc) is 2.38. The van der Waals surface area contributed by atoms with Gasteiger partial charge in [-0.15, -0.1) is 0 Å². The van der Waals surface area contributed by atoms with Gasteiger partial charge in [-0.05, 0) is 29.0 Å². The first-order valence-electron chi connectivity index (χ1n) is 5.55. The Labute approximate surface area is 104 Å². The van der Waals surface area contributed by atoms with Crippen molar-refractivity contribution in [3.05, 3.63) is 48.7 Å². The van der Waals surface area contributed by atoms with E-state index in [9.17, 15) is 5.11 Å². The molecule has 0 saturated carbocycles. The molecule has 1 heterocycles. The number of phenols is 1. The molecule has 4 heteroatoms. The predicted molar refractivity (Wildman–Crippen MR) is 71.1 cm³/mol. The molecule has 0 fully saturated rings. The van der Waals surface area contributed by atoms with Crippen LogP contribution in [0.25, 0.3) is 22.0 Å². The van der Waals surface area contributed by atoms with E-state index in [0.717, 1.165) is 10.8 Å². The van der Waals surface area contributed by atoms with Gasteiger partial charge in [0.2, 0.25) is 5.95 Å². The molecule has 0 aliphatic carbocycles. The molecule has 18 heavy (non-hydrogen) atoms. The molecule has 1 aromatic heterocycles. The van der Waals surface area contributed by atoms with E-state index in [1.807, 2.05) is 30.3 Å². The van der Waals surface area contributed by atoms with E-state index in [0.29, 0.717) is 11.3 Å². The van der Waals surface area contributed by atoms with Crippen LogP contribution in [0.5, 0.6) is 5.75 Å². The average molecular weight is 237 g/mol. The van der Waals surface area contributed by atoms with Crippen LogP contribution in [0, 0.1) is 0 Å². The maximum absolute atomic E-state index is 10.1. The normalized spacial score (nSPS) is 10.7. The second-order valence-corrected chi connectivity index (χ2v) is 4.02. The molecule has 3 N–H and O–H groups in total. The molecule has 0 radical (unpaired) electrons. The lowest BCUT2D eigenvalue weighted by molar-refractivity contribution is 0.478. The van der Waals surface area contributed by atoms with Crippen LogP contribution >= 0.6 is 0 Å². The van der Waals surface area contributed by atoms with E-state index in [1.54, 1.807) is 18.3 Å². The molecule has 0 bridgehead atoms. The van der Waals surface area contributed by atoms with Crippen LogP contribution in [0.15, 0.2) is 48.7 Å². The number of nitrogens with zero attached hydrogens (tertiary/aromatic N) is 2. The fourth-order valence-electron chi connectivity index (χ4n) is 1.96. The van der Waals surface area contributed by atoms with Gasteiger partial charge in [-0.2, -0.15) is 0 Å². The van der Waals surface area contributed by atoms with Gasteiger partial charge in [0.1, 0.15) is 5.75 Å². The van der Waals surface area contributed by atoms with Crippen molar-refractivity contribution < 1.29 is 5.11 Å². The minimum atomic E-state index is 0.187. The van der Waals surface area contributed by atoms with Crippen LogP contribution < -0.4 is 5.73 Å². The summed E-state index contributed by atoms with van der Waals surface area (Å²) in [5.41, 5.74) is 6.83. The molecule has 2 aromatic carbocycles. The summed E-state index contributed by atoms with van der Waals surface area (Å²) in [5.74, 6) is 0.381. The number of phenolic OH excluding ortho intramolecular Hbond substituents is 1. The second-order valence-electron chi connectivity index (χ2n) is 4.02. The van der Waals surface area contributed by atoms with Crippen LogP contribution in [0.4, 0.5) is 5.95 Å². The van der Waals surface area contributed by atoms with Gasteiger partial charge >= 0.3 is 0 Å². The lowest BCUT2D eigenvalue weighted by Gasteiger charge is -2.06. The van der Waals surface area contributed by atoms with Gasteiger partial charge in [-0.1, -0.05) is 24.3 Å². The third kappa shape index (κ3) is 1.73. The molecule has 0 aliphatic rings. The van der Waals surface area contributed by atoms with Crippen molar-refractivity contribution >= 4 is 16.7 Å². The fraction of sp³-hybridized carbons (Fsp3) is 0. The summed E-state index contributed by atoms with van der Waals surface area (Å²) in [7, 11) is 0. The maximum atomic E-state index is 10.1. The van der Waals surface area contributed by atoms with E-state index in [4.69, 9.17) is 5.73 Å². The first-order valence-corrected chi connectivity index (χ1v) is 5.55. The zero-order valence-electron chi connectivity index (χ0n) is 9.54. The lowest BCUT2D eigenvalue weighted by Crippen LogP contribution is -1.95. The van der Waals surface area contributed by atoms with Crippen molar-refractivity contribution in [1.82, 2.24) is 9.97 Å². The molecule has 0 spiro atoms. The highest BCUT2D eigenvalue weighted by Crippen LogP contribution is 2.32. The first kappa shape index (κ1) is 10.5. The third-order valence-corrected chi connectivity index (χ3v) is 2.81. The third-order valence-electron chi connectivity index (χ3n) is 2.81. The Morgan fingerprint density at radius 3 is 2.44 bits per heavy atom. The Morgan fingerprint density at radius 2 is 1.72 bits per heavy atom. The van der Waals surface area contributed by atoms with Gasteiger partial charge in [-0.3, -0.25) is 0 Å². The molecular weight excluding hydrogens is 226 g/mol. The van der Waals surface area contributed by atoms with Crippen molar-refractivity contribution in [2.45, 2.75) is 0 Å². The summed E-state index contributed by atoms with van der Waals surface area (Å²) in [6.45, 7) is 0. The zero-order chi connectivity index (χ0) is 12.5. The number of nitrogens with two attached hydrogens (primary N) is 1. The van der Waals surface area contributed by atoms with Crippen LogP contribution in [-0.4, -0.2) is 15.1 Å². The monoisotopic (exact) mass is 237 g/mol. The number of hydrogen-bond donors (Lipinski definition) is 2. The van der Waals surface area contributed by atoms with Crippen LogP contribution in [-0.2, 0) is 0 Å². The summed E-state index contributed by atoms with van der Waals surface area (Å²) in [5, 5.41) is 12.1. The summed E-state index contributed by atoms with van der Waals surface area (Å²) < 4.78 is 0. The molecule has 3 rings (SSSR count). The Balaban J connectivity index is 2.26. The molecule has 4 nitrogen and oxygen atoms in total. The Morgan fingerprint density at radius 1 is 1.00 bits per heavy atom. The quantitative estimate of drug-likeness (QED) is 0.682. The van der Waals surface area contributed by atoms with E-state index >= 15 is 0 Å². The van der Waals surface area contributed by atoms with Crippen molar-refractivity contribution in [2.75, 3.05) is 5.73 Å². The zero-order valence-corrected chi connectivity index (χ0v) is 9.54. The smallest absolute Gasteiger partial charge is 0.220 e. The number of benzene rings is 2. The summed E-state index contributed by atoms with van der Waals surface area (Å²) in [6, 6.07) is 13.2. The highest BCUT2D eigenvalue weighted by Gasteiger charge is 2.08. The van der Waals surface area contributed by atoms with Crippen LogP contribution in [0.2, 0.25) is 0 Å². The van der Waals surface area contributed by atoms with Gasteiger partial charge < -0.3 is 10.8 Å². The van der Waals surface area contributed by atoms with Crippen LogP contribution in [0.3, 0.4) is 0 Å². The maximum Gasteiger partial charge on any atom is 0.220 e. The minimum absolute atomic E-state index is 0.187. The topological polar surface area (TPSA) is 72.0 Å². The van der Waals surface area contributed by atoms with Crippen LogP contribution in [0.1, 0.15) is 0 Å². The van der Waals surface area contributed by atoms with Gasteiger partial charge in [-0.25, -0.2) is 9.97 Å². The number of nitrogen functional groups attached to an aromatic ring is 1. The van der Waals surface area contributed by atoms with Crippen molar-refractivity contribution in [1.29, 1.82) is 0 Å². The number of hydrogen-bond acceptors (Lipinski definition) is 4. The number of anilines is 1. The lowest BCUT2D eigenvalue weighted by atomic mass is 10.0. The predicted octanol–water partition coefficient (Wildman–Crippen LogP) is 2.58. The second kappa shape index (κ2) is 4.00. The van der Waals surface area contributed by atoms with E-state index < -0.39 is 0 Å². The largest absolute Gasteiger partial charge is 0.507 e. The number of fused-ring (bicyclic) bond motifs is 1. The van der Waals surface area contributed by atoms with E-state index in [-0.39, 0.29) is 11.7 Å². The van der Waals surface area contributed by atoms with Gasteiger partial charge in [0.25, 0.3) is 0 Å². The minimum Gasteiger partial charge on any atom is -0.507 e. The molecule has 0 saturated heterocycles. The fourth-order valence-corrected chi connectivity index (χ4v) is 1.96. The van der Waals surface area contributed by atoms with E-state index in [2.05, 4.69) is 9.97 Å². The first-order chi connectivity index (χ1) is 8.74. The molecule has 0 unspecified atom stereocenters. The molecule has 3 aromatic rings. The van der Waals surface area contributed by atoms with Crippen molar-refractivity contribution in [3.63, 3.8) is 0 Å². The number of aromatic nitrogens is 2. The number of rotatable bonds is 1. The summed E-state index contributed by atoms with van der Waals surface area (Å²) in [4.78, 5) is 7.96. The Bertz CT molecular complexity index is 725. The molecule has 0 atom stereocenters. The SMILES string of the molecule is Nc1nccc(-c2cc3ccccc3cc2O)n1. The summed E-state index contributed by atoms with van der Waals surface area (Å²) >= 11 is 0. The van der Waals surface area contributed by atoms with E-state index in [1.165, 1.54) is 0 Å². The molecule has 88 valence electrons. The highest BCUT2D eigenvalue weighted by atomic mass is 16.3.